The Kier molecular flexibility index (Phi) is 4.05. The number of carboxylic acids is 1. The minimum absolute atomic E-state index is 0.0323. The van der Waals surface area contributed by atoms with Crippen LogP contribution >= 0.6 is 0 Å². The Hall–Kier alpha value is -2.77. The van der Waals surface area contributed by atoms with Crippen molar-refractivity contribution in [2.45, 2.75) is 25.3 Å². The van der Waals surface area contributed by atoms with Gasteiger partial charge in [-0.25, -0.2) is 9.18 Å². The number of halogens is 1. The van der Waals surface area contributed by atoms with E-state index in [-0.39, 0.29) is 11.1 Å². The van der Waals surface area contributed by atoms with Gasteiger partial charge in [0.15, 0.2) is 5.82 Å². The summed E-state index contributed by atoms with van der Waals surface area (Å²) in [6.07, 6.45) is 5.80. The number of aromatic carboxylic acids is 1. The van der Waals surface area contributed by atoms with E-state index in [0.717, 1.165) is 19.0 Å². The van der Waals surface area contributed by atoms with Gasteiger partial charge in [0.2, 0.25) is 0 Å². The number of rotatable bonds is 3. The predicted molar refractivity (Wildman–Crippen MR) is 77.4 cm³/mol. The summed E-state index contributed by atoms with van der Waals surface area (Å²) >= 11 is 0. The van der Waals surface area contributed by atoms with Crippen molar-refractivity contribution < 1.29 is 19.1 Å². The number of hydrogen-bond donors (Lipinski definition) is 2. The molecule has 7 nitrogen and oxygen atoms in total. The van der Waals surface area contributed by atoms with Gasteiger partial charge in [-0.05, 0) is 25.3 Å². The Morgan fingerprint density at radius 3 is 2.87 bits per heavy atom. The summed E-state index contributed by atoms with van der Waals surface area (Å²) in [5.41, 5.74) is 0.341. The lowest BCUT2D eigenvalue weighted by atomic mass is 9.96. The van der Waals surface area contributed by atoms with E-state index in [1.54, 1.807) is 0 Å². The van der Waals surface area contributed by atoms with Crippen LogP contribution in [0, 0.1) is 5.82 Å². The Morgan fingerprint density at radius 1 is 1.30 bits per heavy atom. The number of hydrogen-bond acceptors (Lipinski definition) is 4. The molecule has 120 valence electrons. The maximum absolute atomic E-state index is 13.8. The zero-order valence-corrected chi connectivity index (χ0v) is 12.2. The van der Waals surface area contributed by atoms with Crippen LogP contribution in [-0.4, -0.2) is 43.6 Å². The molecule has 1 amide bonds. The number of likely N-dealkylation sites (tertiary alicyclic amines) is 1. The second-order valence-electron chi connectivity index (χ2n) is 5.37. The van der Waals surface area contributed by atoms with Gasteiger partial charge in [0, 0.05) is 12.7 Å². The molecule has 2 aromatic heterocycles. The van der Waals surface area contributed by atoms with Crippen LogP contribution in [0.4, 0.5) is 4.39 Å². The van der Waals surface area contributed by atoms with E-state index in [1.165, 1.54) is 23.4 Å². The number of aromatic nitrogens is 3. The van der Waals surface area contributed by atoms with E-state index in [1.807, 2.05) is 0 Å². The van der Waals surface area contributed by atoms with Crippen LogP contribution in [0.1, 0.15) is 51.7 Å². The first-order chi connectivity index (χ1) is 11.1. The third-order valence-electron chi connectivity index (χ3n) is 4.00. The van der Waals surface area contributed by atoms with Crippen molar-refractivity contribution in [1.82, 2.24) is 20.1 Å². The normalized spacial score (nSPS) is 18.0. The Labute approximate surface area is 131 Å². The number of aromatic amines is 1. The van der Waals surface area contributed by atoms with E-state index >= 15 is 0 Å². The summed E-state index contributed by atoms with van der Waals surface area (Å²) in [7, 11) is 0. The van der Waals surface area contributed by atoms with Crippen LogP contribution in [0.5, 0.6) is 0 Å². The van der Waals surface area contributed by atoms with Crippen molar-refractivity contribution in [3.8, 4) is 0 Å². The number of amides is 1. The maximum atomic E-state index is 13.8. The number of piperidine rings is 1. The highest BCUT2D eigenvalue weighted by molar-refractivity contribution is 5.95. The van der Waals surface area contributed by atoms with E-state index in [2.05, 4.69) is 15.2 Å². The topological polar surface area (TPSA) is 99.2 Å². The SMILES string of the molecule is O=C(O)c1cn[nH]c1C1CCCCN1C(=O)c1ccncc1F. The largest absolute Gasteiger partial charge is 0.478 e. The smallest absolute Gasteiger partial charge is 0.339 e. The molecule has 1 aliphatic rings. The molecule has 1 saturated heterocycles. The number of carboxylic acid groups (broad SMARTS) is 1. The number of pyridine rings is 1. The molecule has 8 heteroatoms. The molecule has 1 fully saturated rings. The number of nitrogens with one attached hydrogen (secondary N) is 1. The molecule has 1 aliphatic heterocycles. The summed E-state index contributed by atoms with van der Waals surface area (Å²) in [5, 5.41) is 15.7. The van der Waals surface area contributed by atoms with Gasteiger partial charge in [0.05, 0.1) is 29.7 Å². The minimum atomic E-state index is -1.11. The number of H-pyrrole nitrogens is 1. The standard InChI is InChI=1S/C15H15FN4O3/c16-11-8-17-5-4-9(11)14(21)20-6-2-1-3-12(20)13-10(15(22)23)7-18-19-13/h4-5,7-8,12H,1-3,6H2,(H,18,19)(H,22,23). The molecule has 3 rings (SSSR count). The Balaban J connectivity index is 1.96. The van der Waals surface area contributed by atoms with Crippen LogP contribution in [-0.2, 0) is 0 Å². The van der Waals surface area contributed by atoms with Crippen molar-refractivity contribution >= 4 is 11.9 Å². The molecular weight excluding hydrogens is 303 g/mol. The van der Waals surface area contributed by atoms with Crippen molar-refractivity contribution in [1.29, 1.82) is 0 Å². The fraction of sp³-hybridized carbons (Fsp3) is 0.333. The van der Waals surface area contributed by atoms with Gasteiger partial charge in [-0.3, -0.25) is 14.9 Å². The molecule has 0 aromatic carbocycles. The van der Waals surface area contributed by atoms with E-state index < -0.39 is 23.7 Å². The first-order valence-corrected chi connectivity index (χ1v) is 7.26. The van der Waals surface area contributed by atoms with Crippen LogP contribution in [0.25, 0.3) is 0 Å². The average molecular weight is 318 g/mol. The highest BCUT2D eigenvalue weighted by Crippen LogP contribution is 2.33. The van der Waals surface area contributed by atoms with Crippen molar-refractivity contribution in [2.75, 3.05) is 6.54 Å². The summed E-state index contributed by atoms with van der Waals surface area (Å²) in [4.78, 5) is 29.1. The van der Waals surface area contributed by atoms with Crippen LogP contribution in [0.3, 0.4) is 0 Å². The van der Waals surface area contributed by atoms with Crippen LogP contribution in [0.15, 0.2) is 24.7 Å². The van der Waals surface area contributed by atoms with Crippen molar-refractivity contribution in [2.24, 2.45) is 0 Å². The zero-order valence-electron chi connectivity index (χ0n) is 12.2. The van der Waals surface area contributed by atoms with E-state index in [9.17, 15) is 19.1 Å². The second kappa shape index (κ2) is 6.15. The molecular formula is C15H15FN4O3. The lowest BCUT2D eigenvalue weighted by Crippen LogP contribution is -2.39. The quantitative estimate of drug-likeness (QED) is 0.902. The van der Waals surface area contributed by atoms with Gasteiger partial charge < -0.3 is 10.0 Å². The summed E-state index contributed by atoms with van der Waals surface area (Å²) in [5.74, 6) is -2.27. The Morgan fingerprint density at radius 2 is 2.13 bits per heavy atom. The zero-order chi connectivity index (χ0) is 16.4. The number of carbonyl (C=O) groups excluding carboxylic acids is 1. The third-order valence-corrected chi connectivity index (χ3v) is 4.00. The first kappa shape index (κ1) is 15.1. The predicted octanol–water partition coefficient (Wildman–Crippen LogP) is 2.01. The molecule has 0 aliphatic carbocycles. The maximum Gasteiger partial charge on any atom is 0.339 e. The van der Waals surface area contributed by atoms with Crippen molar-refractivity contribution in [3.63, 3.8) is 0 Å². The highest BCUT2D eigenvalue weighted by Gasteiger charge is 2.33. The molecule has 1 atom stereocenters. The molecule has 3 heterocycles. The van der Waals surface area contributed by atoms with Gasteiger partial charge >= 0.3 is 5.97 Å². The molecule has 2 aromatic rings. The average Bonchev–Trinajstić information content (AvgIpc) is 3.04. The molecule has 23 heavy (non-hydrogen) atoms. The van der Waals surface area contributed by atoms with Gasteiger partial charge in [-0.1, -0.05) is 0 Å². The summed E-state index contributed by atoms with van der Waals surface area (Å²) in [6, 6.07) is 0.867. The fourth-order valence-electron chi connectivity index (χ4n) is 2.90. The first-order valence-electron chi connectivity index (χ1n) is 7.26. The molecule has 0 saturated carbocycles. The monoisotopic (exact) mass is 318 g/mol. The fourth-order valence-corrected chi connectivity index (χ4v) is 2.90. The molecule has 1 unspecified atom stereocenters. The van der Waals surface area contributed by atoms with Gasteiger partial charge in [-0.2, -0.15) is 5.10 Å². The molecule has 2 N–H and O–H groups in total. The third kappa shape index (κ3) is 2.79. The van der Waals surface area contributed by atoms with Crippen LogP contribution < -0.4 is 0 Å². The summed E-state index contributed by atoms with van der Waals surface area (Å²) in [6.45, 7) is 0.434. The summed E-state index contributed by atoms with van der Waals surface area (Å²) < 4.78 is 13.8. The Bertz CT molecular complexity index is 746. The van der Waals surface area contributed by atoms with E-state index in [4.69, 9.17) is 0 Å². The van der Waals surface area contributed by atoms with Gasteiger partial charge in [-0.15, -0.1) is 0 Å². The highest BCUT2D eigenvalue weighted by atomic mass is 19.1. The van der Waals surface area contributed by atoms with Gasteiger partial charge in [0.25, 0.3) is 5.91 Å². The van der Waals surface area contributed by atoms with E-state index in [0.29, 0.717) is 18.7 Å². The molecule has 0 bridgehead atoms. The lowest BCUT2D eigenvalue weighted by molar-refractivity contribution is 0.0585. The molecule has 0 radical (unpaired) electrons. The molecule has 0 spiro atoms. The minimum Gasteiger partial charge on any atom is -0.478 e. The lowest BCUT2D eigenvalue weighted by Gasteiger charge is -2.35. The van der Waals surface area contributed by atoms with Gasteiger partial charge in [0.1, 0.15) is 5.56 Å². The van der Waals surface area contributed by atoms with Crippen molar-refractivity contribution in [3.05, 3.63) is 47.3 Å². The number of carbonyl (C=O) groups is 2. The van der Waals surface area contributed by atoms with Crippen LogP contribution in [0.2, 0.25) is 0 Å². The second-order valence-corrected chi connectivity index (χ2v) is 5.37. The number of nitrogens with zero attached hydrogens (tertiary/aromatic N) is 3.